The Hall–Kier alpha value is -1.07. The van der Waals surface area contributed by atoms with Crippen molar-refractivity contribution < 1.29 is 9.32 Å². The van der Waals surface area contributed by atoms with Crippen molar-refractivity contribution in [1.29, 1.82) is 0 Å². The molecule has 1 aromatic rings. The van der Waals surface area contributed by atoms with Crippen LogP contribution in [0.2, 0.25) is 0 Å². The number of likely N-dealkylation sites (tertiary alicyclic amines) is 1. The van der Waals surface area contributed by atoms with Crippen LogP contribution in [0.3, 0.4) is 0 Å². The zero-order valence-corrected chi connectivity index (χ0v) is 12.2. The Morgan fingerprint density at radius 3 is 2.85 bits per heavy atom. The van der Waals surface area contributed by atoms with Gasteiger partial charge in [0.1, 0.15) is 5.76 Å². The molecule has 2 bridgehead atoms. The summed E-state index contributed by atoms with van der Waals surface area (Å²) in [6.45, 7) is 1.64. The largest absolute Gasteiger partial charge is 0.360 e. The SMILES string of the molecule is Cl.O=C(c1cc(C2CC2)on1)N1CCC2CCC(C1)N2. The molecule has 110 valence electrons. The third kappa shape index (κ3) is 2.56. The van der Waals surface area contributed by atoms with Crippen LogP contribution < -0.4 is 5.32 Å². The molecular formula is C14H20ClN3O2. The van der Waals surface area contributed by atoms with Crippen molar-refractivity contribution in [3.05, 3.63) is 17.5 Å². The number of nitrogens with zero attached hydrogens (tertiary/aromatic N) is 2. The maximum absolute atomic E-state index is 12.5. The number of hydrogen-bond acceptors (Lipinski definition) is 4. The molecule has 2 unspecified atom stereocenters. The van der Waals surface area contributed by atoms with Gasteiger partial charge in [-0.05, 0) is 32.1 Å². The second-order valence-electron chi connectivity index (χ2n) is 6.07. The van der Waals surface area contributed by atoms with Crippen molar-refractivity contribution >= 4 is 18.3 Å². The monoisotopic (exact) mass is 297 g/mol. The van der Waals surface area contributed by atoms with E-state index in [4.69, 9.17) is 4.52 Å². The summed E-state index contributed by atoms with van der Waals surface area (Å²) in [4.78, 5) is 14.4. The summed E-state index contributed by atoms with van der Waals surface area (Å²) in [6.07, 6.45) is 5.82. The Kier molecular flexibility index (Phi) is 3.73. The Bertz CT molecular complexity index is 500. The number of carbonyl (C=O) groups excluding carboxylic acids is 1. The van der Waals surface area contributed by atoms with Crippen LogP contribution in [0, 0.1) is 0 Å². The van der Waals surface area contributed by atoms with Crippen molar-refractivity contribution in [2.45, 2.75) is 50.1 Å². The summed E-state index contributed by atoms with van der Waals surface area (Å²) < 4.78 is 5.28. The average Bonchev–Trinajstić information content (AvgIpc) is 3.02. The smallest absolute Gasteiger partial charge is 0.276 e. The lowest BCUT2D eigenvalue weighted by atomic mass is 10.1. The third-order valence-corrected chi connectivity index (χ3v) is 4.54. The minimum Gasteiger partial charge on any atom is -0.360 e. The molecule has 5 nitrogen and oxygen atoms in total. The van der Waals surface area contributed by atoms with Gasteiger partial charge in [-0.1, -0.05) is 5.16 Å². The van der Waals surface area contributed by atoms with Crippen molar-refractivity contribution in [1.82, 2.24) is 15.4 Å². The van der Waals surface area contributed by atoms with E-state index in [1.54, 1.807) is 0 Å². The third-order valence-electron chi connectivity index (χ3n) is 4.54. The first-order chi connectivity index (χ1) is 9.29. The molecule has 0 aromatic carbocycles. The maximum atomic E-state index is 12.5. The molecule has 3 aliphatic rings. The van der Waals surface area contributed by atoms with Crippen LogP contribution in [-0.4, -0.2) is 41.1 Å². The molecule has 2 saturated heterocycles. The Balaban J connectivity index is 0.00000121. The van der Waals surface area contributed by atoms with Crippen LogP contribution >= 0.6 is 12.4 Å². The lowest BCUT2D eigenvalue weighted by Gasteiger charge is -2.23. The molecular weight excluding hydrogens is 278 g/mol. The van der Waals surface area contributed by atoms with Crippen molar-refractivity contribution in [3.63, 3.8) is 0 Å². The first-order valence-electron chi connectivity index (χ1n) is 7.31. The topological polar surface area (TPSA) is 58.4 Å². The summed E-state index contributed by atoms with van der Waals surface area (Å²) in [7, 11) is 0. The molecule has 3 heterocycles. The fourth-order valence-corrected chi connectivity index (χ4v) is 3.24. The van der Waals surface area contributed by atoms with Gasteiger partial charge in [-0.25, -0.2) is 0 Å². The van der Waals surface area contributed by atoms with Gasteiger partial charge in [-0.15, -0.1) is 12.4 Å². The highest BCUT2D eigenvalue weighted by molar-refractivity contribution is 5.92. The predicted molar refractivity (Wildman–Crippen MR) is 76.2 cm³/mol. The summed E-state index contributed by atoms with van der Waals surface area (Å²) in [5.74, 6) is 1.43. The van der Waals surface area contributed by atoms with Crippen LogP contribution in [-0.2, 0) is 0 Å². The van der Waals surface area contributed by atoms with E-state index in [2.05, 4.69) is 10.5 Å². The zero-order chi connectivity index (χ0) is 12.8. The fourth-order valence-electron chi connectivity index (χ4n) is 3.24. The number of hydrogen-bond donors (Lipinski definition) is 1. The van der Waals surface area contributed by atoms with Gasteiger partial charge < -0.3 is 14.7 Å². The number of amides is 1. The van der Waals surface area contributed by atoms with Crippen LogP contribution in [0.25, 0.3) is 0 Å². The number of nitrogens with one attached hydrogen (secondary N) is 1. The molecule has 1 saturated carbocycles. The van der Waals surface area contributed by atoms with E-state index in [0.717, 1.165) is 25.3 Å². The van der Waals surface area contributed by atoms with Gasteiger partial charge in [0.05, 0.1) is 0 Å². The number of fused-ring (bicyclic) bond motifs is 2. The fraction of sp³-hybridized carbons (Fsp3) is 0.714. The summed E-state index contributed by atoms with van der Waals surface area (Å²) in [5, 5.41) is 7.54. The van der Waals surface area contributed by atoms with Crippen molar-refractivity contribution in [2.75, 3.05) is 13.1 Å². The van der Waals surface area contributed by atoms with E-state index in [0.29, 0.717) is 23.7 Å². The number of aromatic nitrogens is 1. The molecule has 4 rings (SSSR count). The van der Waals surface area contributed by atoms with Gasteiger partial charge in [0.2, 0.25) is 0 Å². The summed E-state index contributed by atoms with van der Waals surface area (Å²) in [6, 6.07) is 2.91. The molecule has 1 N–H and O–H groups in total. The number of halogens is 1. The van der Waals surface area contributed by atoms with E-state index >= 15 is 0 Å². The standard InChI is InChI=1S/C14H19N3O2.ClH/c18-14(12-7-13(19-16-12)9-1-2-9)17-6-5-10-3-4-11(8-17)15-10;/h7,9-11,15H,1-6,8H2;1H. The molecule has 0 spiro atoms. The summed E-state index contributed by atoms with van der Waals surface area (Å²) >= 11 is 0. The van der Waals surface area contributed by atoms with Crippen LogP contribution in [0.4, 0.5) is 0 Å². The second-order valence-corrected chi connectivity index (χ2v) is 6.07. The normalized spacial score (nSPS) is 28.9. The molecule has 1 aliphatic carbocycles. The maximum Gasteiger partial charge on any atom is 0.276 e. The van der Waals surface area contributed by atoms with Gasteiger partial charge >= 0.3 is 0 Å². The molecule has 3 fully saturated rings. The van der Waals surface area contributed by atoms with E-state index < -0.39 is 0 Å². The van der Waals surface area contributed by atoms with E-state index in [1.165, 1.54) is 25.7 Å². The van der Waals surface area contributed by atoms with E-state index in [-0.39, 0.29) is 18.3 Å². The van der Waals surface area contributed by atoms with Crippen LogP contribution in [0.5, 0.6) is 0 Å². The molecule has 1 amide bonds. The van der Waals surface area contributed by atoms with Crippen molar-refractivity contribution in [2.24, 2.45) is 0 Å². The van der Waals surface area contributed by atoms with Gasteiger partial charge in [-0.2, -0.15) is 0 Å². The Labute approximate surface area is 124 Å². The molecule has 0 radical (unpaired) electrons. The lowest BCUT2D eigenvalue weighted by Crippen LogP contribution is -2.39. The van der Waals surface area contributed by atoms with Crippen molar-refractivity contribution in [3.8, 4) is 0 Å². The van der Waals surface area contributed by atoms with Gasteiger partial charge in [0, 0.05) is 37.2 Å². The molecule has 20 heavy (non-hydrogen) atoms. The highest BCUT2D eigenvalue weighted by Crippen LogP contribution is 2.40. The number of carbonyl (C=O) groups is 1. The molecule has 6 heteroatoms. The molecule has 1 aromatic heterocycles. The summed E-state index contributed by atoms with van der Waals surface area (Å²) in [5.41, 5.74) is 0.486. The molecule has 2 aliphatic heterocycles. The van der Waals surface area contributed by atoms with E-state index in [9.17, 15) is 4.79 Å². The highest BCUT2D eigenvalue weighted by atomic mass is 35.5. The quantitative estimate of drug-likeness (QED) is 0.906. The number of rotatable bonds is 2. The minimum absolute atomic E-state index is 0. The van der Waals surface area contributed by atoms with Crippen LogP contribution in [0.1, 0.15) is 54.3 Å². The highest BCUT2D eigenvalue weighted by Gasteiger charge is 2.33. The first kappa shape index (κ1) is 13.9. The van der Waals surface area contributed by atoms with Gasteiger partial charge in [-0.3, -0.25) is 4.79 Å². The molecule has 2 atom stereocenters. The Morgan fingerprint density at radius 1 is 1.25 bits per heavy atom. The average molecular weight is 298 g/mol. The first-order valence-corrected chi connectivity index (χ1v) is 7.31. The van der Waals surface area contributed by atoms with E-state index in [1.807, 2.05) is 11.0 Å². The minimum atomic E-state index is 0. The zero-order valence-electron chi connectivity index (χ0n) is 11.4. The van der Waals surface area contributed by atoms with Crippen LogP contribution in [0.15, 0.2) is 10.6 Å². The second kappa shape index (κ2) is 5.37. The predicted octanol–water partition coefficient (Wildman–Crippen LogP) is 1.94. The Morgan fingerprint density at radius 2 is 2.05 bits per heavy atom. The van der Waals surface area contributed by atoms with Gasteiger partial charge in [0.25, 0.3) is 5.91 Å². The lowest BCUT2D eigenvalue weighted by molar-refractivity contribution is 0.0737. The van der Waals surface area contributed by atoms with Gasteiger partial charge in [0.15, 0.2) is 5.69 Å².